The van der Waals surface area contributed by atoms with Crippen LogP contribution in [0.4, 0.5) is 0 Å². The summed E-state index contributed by atoms with van der Waals surface area (Å²) in [6.45, 7) is 0. The van der Waals surface area contributed by atoms with Gasteiger partial charge in [-0.05, 0) is 0 Å². The molecule has 0 unspecified atom stereocenters. The summed E-state index contributed by atoms with van der Waals surface area (Å²) < 4.78 is 0. The number of carbonyl (C=O) groups is 1. The molecule has 0 saturated carbocycles. The first-order valence-electron chi connectivity index (χ1n) is 2.09. The maximum atomic E-state index is 10.3. The number of thiol groups is 1. The maximum Gasteiger partial charge on any atom is 0.251 e. The summed E-state index contributed by atoms with van der Waals surface area (Å²) in [5.41, 5.74) is 7.06. The van der Waals surface area contributed by atoms with Gasteiger partial charge in [0.05, 0.1) is 6.04 Å². The first kappa shape index (κ1) is 7.74. The number of hydrazine groups is 1. The number of carbonyl (C=O) groups excluding carboxylic acids is 1. The molecule has 4 nitrogen and oxygen atoms in total. The summed E-state index contributed by atoms with van der Waals surface area (Å²) in [7, 11) is 0. The summed E-state index contributed by atoms with van der Waals surface area (Å²) in [4.78, 5) is 10.3. The second kappa shape index (κ2) is 3.71. The average molecular weight is 135 g/mol. The van der Waals surface area contributed by atoms with Crippen molar-refractivity contribution in [1.29, 1.82) is 0 Å². The molecule has 0 bridgehead atoms. The summed E-state index contributed by atoms with van der Waals surface area (Å²) >= 11 is 3.77. The Labute approximate surface area is 53.0 Å². The molecule has 0 aromatic rings. The molecule has 0 aromatic heterocycles. The number of nitrogens with two attached hydrogens (primary N) is 2. The third-order valence-corrected chi connectivity index (χ3v) is 1.07. The van der Waals surface area contributed by atoms with Crippen LogP contribution in [0.15, 0.2) is 0 Å². The van der Waals surface area contributed by atoms with Crippen molar-refractivity contribution in [2.24, 2.45) is 11.6 Å². The lowest BCUT2D eigenvalue weighted by atomic mass is 10.3. The highest BCUT2D eigenvalue weighted by Crippen LogP contribution is 1.79. The molecule has 0 heterocycles. The molecule has 5 N–H and O–H groups in total. The normalized spacial score (nSPS) is 12.9. The van der Waals surface area contributed by atoms with Gasteiger partial charge in [-0.25, -0.2) is 5.84 Å². The average Bonchev–Trinajstić information content (AvgIpc) is 1.84. The van der Waals surface area contributed by atoms with E-state index in [0.717, 1.165) is 0 Å². The lowest BCUT2D eigenvalue weighted by Gasteiger charge is -2.03. The zero-order valence-corrected chi connectivity index (χ0v) is 5.19. The summed E-state index contributed by atoms with van der Waals surface area (Å²) in [5, 5.41) is 0. The molecule has 5 heteroatoms. The fraction of sp³-hybridized carbons (Fsp3) is 0.667. The van der Waals surface area contributed by atoms with E-state index in [-0.39, 0.29) is 5.91 Å². The molecule has 0 aliphatic heterocycles. The van der Waals surface area contributed by atoms with Gasteiger partial charge in [0.2, 0.25) is 0 Å². The van der Waals surface area contributed by atoms with Crippen molar-refractivity contribution in [3.05, 3.63) is 0 Å². The molecule has 0 rings (SSSR count). The number of amides is 1. The molecule has 1 amide bonds. The molecule has 0 radical (unpaired) electrons. The molecular weight excluding hydrogens is 126 g/mol. The predicted octanol–water partition coefficient (Wildman–Crippen LogP) is -1.77. The van der Waals surface area contributed by atoms with Gasteiger partial charge in [0.15, 0.2) is 0 Å². The van der Waals surface area contributed by atoms with E-state index in [9.17, 15) is 4.79 Å². The zero-order chi connectivity index (χ0) is 6.57. The summed E-state index contributed by atoms with van der Waals surface area (Å²) in [6, 6.07) is -0.594. The fourth-order valence-electron chi connectivity index (χ4n) is 0.190. The molecule has 0 spiro atoms. The predicted molar refractivity (Wildman–Crippen MR) is 34.2 cm³/mol. The van der Waals surface area contributed by atoms with Gasteiger partial charge in [0.25, 0.3) is 5.91 Å². The Bertz CT molecular complexity index is 86.6. The van der Waals surface area contributed by atoms with Crippen molar-refractivity contribution >= 4 is 18.5 Å². The summed E-state index contributed by atoms with van der Waals surface area (Å²) in [6.07, 6.45) is 0. The van der Waals surface area contributed by atoms with Gasteiger partial charge in [-0.15, -0.1) is 0 Å². The Balaban J connectivity index is 3.46. The molecule has 48 valence electrons. The standard InChI is InChI=1S/C3H9N3OS/c4-2(1-8)3(7)6-5/h2,8H,1,4-5H2,(H,6,7)/t2-/m0/s1. The van der Waals surface area contributed by atoms with E-state index in [1.807, 2.05) is 5.43 Å². The molecule has 1 atom stereocenters. The van der Waals surface area contributed by atoms with Crippen molar-refractivity contribution in [2.45, 2.75) is 6.04 Å². The van der Waals surface area contributed by atoms with Crippen LogP contribution in [0, 0.1) is 0 Å². The lowest BCUT2D eigenvalue weighted by Crippen LogP contribution is -2.44. The molecule has 0 aromatic carbocycles. The van der Waals surface area contributed by atoms with E-state index in [1.54, 1.807) is 0 Å². The maximum absolute atomic E-state index is 10.3. The Hall–Kier alpha value is -0.260. The lowest BCUT2D eigenvalue weighted by molar-refractivity contribution is -0.121. The van der Waals surface area contributed by atoms with E-state index in [0.29, 0.717) is 5.75 Å². The third kappa shape index (κ3) is 2.15. The van der Waals surface area contributed by atoms with Crippen LogP contribution in [0.25, 0.3) is 0 Å². The van der Waals surface area contributed by atoms with E-state index >= 15 is 0 Å². The second-order valence-electron chi connectivity index (χ2n) is 1.30. The Morgan fingerprint density at radius 2 is 2.38 bits per heavy atom. The van der Waals surface area contributed by atoms with Crippen molar-refractivity contribution in [3.63, 3.8) is 0 Å². The van der Waals surface area contributed by atoms with Gasteiger partial charge in [0, 0.05) is 5.75 Å². The highest BCUT2D eigenvalue weighted by Gasteiger charge is 2.07. The van der Waals surface area contributed by atoms with Crippen LogP contribution < -0.4 is 17.0 Å². The minimum Gasteiger partial charge on any atom is -0.319 e. The molecule has 0 aliphatic rings. The molecule has 0 aliphatic carbocycles. The minimum absolute atomic E-state index is 0.309. The van der Waals surface area contributed by atoms with Gasteiger partial charge in [0.1, 0.15) is 0 Å². The third-order valence-electron chi connectivity index (χ3n) is 0.676. The van der Waals surface area contributed by atoms with E-state index < -0.39 is 6.04 Å². The number of hydrogen-bond donors (Lipinski definition) is 4. The van der Waals surface area contributed by atoms with Gasteiger partial charge >= 0.3 is 0 Å². The van der Waals surface area contributed by atoms with E-state index in [1.165, 1.54) is 0 Å². The Morgan fingerprint density at radius 1 is 1.88 bits per heavy atom. The van der Waals surface area contributed by atoms with Crippen LogP contribution in [0.2, 0.25) is 0 Å². The molecule has 8 heavy (non-hydrogen) atoms. The Morgan fingerprint density at radius 3 is 2.50 bits per heavy atom. The zero-order valence-electron chi connectivity index (χ0n) is 4.29. The largest absolute Gasteiger partial charge is 0.319 e. The minimum atomic E-state index is -0.594. The first-order valence-corrected chi connectivity index (χ1v) is 2.72. The van der Waals surface area contributed by atoms with Crippen molar-refractivity contribution in [1.82, 2.24) is 5.43 Å². The number of nitrogens with one attached hydrogen (secondary N) is 1. The van der Waals surface area contributed by atoms with Crippen LogP contribution in [-0.4, -0.2) is 17.7 Å². The summed E-state index contributed by atoms with van der Waals surface area (Å²) in [5.74, 6) is 4.65. The number of hydrogen-bond acceptors (Lipinski definition) is 4. The topological polar surface area (TPSA) is 81.1 Å². The van der Waals surface area contributed by atoms with E-state index in [4.69, 9.17) is 11.6 Å². The number of rotatable bonds is 2. The second-order valence-corrected chi connectivity index (χ2v) is 1.66. The monoisotopic (exact) mass is 135 g/mol. The van der Waals surface area contributed by atoms with Gasteiger partial charge in [-0.1, -0.05) is 0 Å². The Kier molecular flexibility index (Phi) is 3.59. The van der Waals surface area contributed by atoms with Gasteiger partial charge < -0.3 is 5.73 Å². The van der Waals surface area contributed by atoms with E-state index in [2.05, 4.69) is 12.6 Å². The van der Waals surface area contributed by atoms with Crippen LogP contribution >= 0.6 is 12.6 Å². The van der Waals surface area contributed by atoms with Gasteiger partial charge in [-0.3, -0.25) is 10.2 Å². The fourth-order valence-corrected chi connectivity index (χ4v) is 0.356. The SMILES string of the molecule is NNC(=O)[C@@H](N)CS. The van der Waals surface area contributed by atoms with Gasteiger partial charge in [-0.2, -0.15) is 12.6 Å². The van der Waals surface area contributed by atoms with Crippen molar-refractivity contribution in [3.8, 4) is 0 Å². The van der Waals surface area contributed by atoms with Crippen molar-refractivity contribution in [2.75, 3.05) is 5.75 Å². The molecule has 0 fully saturated rings. The van der Waals surface area contributed by atoms with Crippen LogP contribution in [0.1, 0.15) is 0 Å². The van der Waals surface area contributed by atoms with Crippen LogP contribution in [0.3, 0.4) is 0 Å². The highest BCUT2D eigenvalue weighted by atomic mass is 32.1. The highest BCUT2D eigenvalue weighted by molar-refractivity contribution is 7.80. The van der Waals surface area contributed by atoms with Crippen LogP contribution in [-0.2, 0) is 4.79 Å². The van der Waals surface area contributed by atoms with Crippen molar-refractivity contribution < 1.29 is 4.79 Å². The smallest absolute Gasteiger partial charge is 0.251 e. The van der Waals surface area contributed by atoms with Crippen LogP contribution in [0.5, 0.6) is 0 Å². The quantitative estimate of drug-likeness (QED) is 0.157. The first-order chi connectivity index (χ1) is 3.72. The molecule has 0 saturated heterocycles. The molecular formula is C3H9N3OS.